The second kappa shape index (κ2) is 10.7. The molecule has 0 aliphatic rings. The van der Waals surface area contributed by atoms with Gasteiger partial charge >= 0.3 is 0 Å². The standard InChI is InChI=1S/C27H24N10O3/c1-2-37-24-18(25(39)35-37)10-11-21(31-24)32-27-29-14-19(26-33-22(36-40-26)17-9-6-12-28-13-17)23(34-27)30-20(15-38)16-7-4-3-5-8-16/h3-14,20,38H,2,15H2,1H3,(H,35,39)(H2,29,30,31,32,34)/t20-/m1/s1. The SMILES string of the molecule is CCn1[nH]c(=O)c2ccc(Nc3ncc(-c4nc(-c5cccnc5)no4)c(N[C@H](CO)c4ccccc4)n3)nc21. The summed E-state index contributed by atoms with van der Waals surface area (Å²) in [6.07, 6.45) is 4.85. The largest absolute Gasteiger partial charge is 0.394 e. The molecule has 6 rings (SSSR count). The lowest BCUT2D eigenvalue weighted by Gasteiger charge is -2.19. The highest BCUT2D eigenvalue weighted by Gasteiger charge is 2.21. The molecular weight excluding hydrogens is 512 g/mol. The molecule has 200 valence electrons. The highest BCUT2D eigenvalue weighted by atomic mass is 16.5. The molecule has 0 bridgehead atoms. The van der Waals surface area contributed by atoms with E-state index in [2.05, 4.69) is 45.8 Å². The molecule has 1 aromatic carbocycles. The number of H-pyrrole nitrogens is 1. The summed E-state index contributed by atoms with van der Waals surface area (Å²) in [6.45, 7) is 2.28. The Morgan fingerprint density at radius 2 is 1.93 bits per heavy atom. The lowest BCUT2D eigenvalue weighted by molar-refractivity contribution is 0.276. The van der Waals surface area contributed by atoms with Gasteiger partial charge in [0.2, 0.25) is 11.8 Å². The van der Waals surface area contributed by atoms with Crippen molar-refractivity contribution in [1.29, 1.82) is 0 Å². The summed E-state index contributed by atoms with van der Waals surface area (Å²) in [5.41, 5.74) is 2.31. The number of aliphatic hydroxyl groups is 1. The third-order valence-corrected chi connectivity index (χ3v) is 6.23. The van der Waals surface area contributed by atoms with Crippen LogP contribution in [0.25, 0.3) is 33.9 Å². The number of nitrogens with one attached hydrogen (secondary N) is 3. The smallest absolute Gasteiger partial charge is 0.273 e. The van der Waals surface area contributed by atoms with Crippen molar-refractivity contribution < 1.29 is 9.63 Å². The number of aromatic nitrogens is 8. The maximum atomic E-state index is 12.2. The highest BCUT2D eigenvalue weighted by Crippen LogP contribution is 2.30. The van der Waals surface area contributed by atoms with Gasteiger partial charge in [-0.25, -0.2) is 9.97 Å². The maximum absolute atomic E-state index is 12.2. The third kappa shape index (κ3) is 4.88. The van der Waals surface area contributed by atoms with Crippen LogP contribution in [0, 0.1) is 0 Å². The molecule has 5 heterocycles. The van der Waals surface area contributed by atoms with Crippen LogP contribution in [-0.2, 0) is 6.54 Å². The fraction of sp³-hybridized carbons (Fsp3) is 0.148. The van der Waals surface area contributed by atoms with Crippen molar-refractivity contribution in [1.82, 2.24) is 39.9 Å². The minimum atomic E-state index is -0.475. The zero-order chi connectivity index (χ0) is 27.5. The molecule has 13 nitrogen and oxygen atoms in total. The van der Waals surface area contributed by atoms with Gasteiger partial charge in [0.15, 0.2) is 5.65 Å². The van der Waals surface area contributed by atoms with Crippen LogP contribution < -0.4 is 16.2 Å². The topological polar surface area (TPSA) is 173 Å². The molecule has 0 spiro atoms. The predicted octanol–water partition coefficient (Wildman–Crippen LogP) is 3.54. The van der Waals surface area contributed by atoms with E-state index in [1.165, 1.54) is 0 Å². The monoisotopic (exact) mass is 536 g/mol. The Bertz CT molecular complexity index is 1820. The average molecular weight is 537 g/mol. The number of hydrogen-bond acceptors (Lipinski definition) is 11. The van der Waals surface area contributed by atoms with E-state index in [-0.39, 0.29) is 24.0 Å². The Balaban J connectivity index is 1.38. The summed E-state index contributed by atoms with van der Waals surface area (Å²) in [7, 11) is 0. The first-order chi connectivity index (χ1) is 19.6. The van der Waals surface area contributed by atoms with Crippen LogP contribution in [0.15, 0.2) is 82.5 Å². The molecule has 1 atom stereocenters. The van der Waals surface area contributed by atoms with Crippen LogP contribution >= 0.6 is 0 Å². The highest BCUT2D eigenvalue weighted by molar-refractivity contribution is 5.77. The summed E-state index contributed by atoms with van der Waals surface area (Å²) in [5.74, 6) is 1.59. The predicted molar refractivity (Wildman–Crippen MR) is 148 cm³/mol. The molecule has 0 saturated carbocycles. The van der Waals surface area contributed by atoms with Crippen LogP contribution in [0.3, 0.4) is 0 Å². The van der Waals surface area contributed by atoms with E-state index in [0.29, 0.717) is 46.2 Å². The van der Waals surface area contributed by atoms with E-state index in [1.807, 2.05) is 43.3 Å². The molecule has 6 aromatic rings. The molecule has 5 aromatic heterocycles. The number of nitrogens with zero attached hydrogens (tertiary/aromatic N) is 7. The maximum Gasteiger partial charge on any atom is 0.273 e. The third-order valence-electron chi connectivity index (χ3n) is 6.23. The molecule has 0 aliphatic carbocycles. The zero-order valence-corrected chi connectivity index (χ0v) is 21.3. The zero-order valence-electron chi connectivity index (χ0n) is 21.3. The summed E-state index contributed by atoms with van der Waals surface area (Å²) < 4.78 is 7.23. The number of aliphatic hydroxyl groups excluding tert-OH is 1. The van der Waals surface area contributed by atoms with Crippen LogP contribution in [0.5, 0.6) is 0 Å². The number of benzene rings is 1. The Labute approximate surface area is 227 Å². The van der Waals surface area contributed by atoms with Crippen molar-refractivity contribution in [2.75, 3.05) is 17.2 Å². The van der Waals surface area contributed by atoms with Gasteiger partial charge < -0.3 is 20.3 Å². The first-order valence-electron chi connectivity index (χ1n) is 12.5. The summed E-state index contributed by atoms with van der Waals surface area (Å²) in [6, 6.07) is 16.0. The fourth-order valence-corrected chi connectivity index (χ4v) is 4.22. The van der Waals surface area contributed by atoms with E-state index in [1.54, 1.807) is 41.5 Å². The second-order valence-corrected chi connectivity index (χ2v) is 8.79. The van der Waals surface area contributed by atoms with Gasteiger partial charge in [-0.05, 0) is 36.8 Å². The Morgan fingerprint density at radius 3 is 2.70 bits per heavy atom. The minimum Gasteiger partial charge on any atom is -0.394 e. The van der Waals surface area contributed by atoms with Crippen molar-refractivity contribution in [2.24, 2.45) is 0 Å². The number of aromatic amines is 1. The van der Waals surface area contributed by atoms with E-state index in [0.717, 1.165) is 5.56 Å². The van der Waals surface area contributed by atoms with Gasteiger partial charge in [-0.1, -0.05) is 35.5 Å². The molecule has 4 N–H and O–H groups in total. The van der Waals surface area contributed by atoms with Gasteiger partial charge in [0.25, 0.3) is 11.4 Å². The van der Waals surface area contributed by atoms with Crippen LogP contribution in [0.2, 0.25) is 0 Å². The minimum absolute atomic E-state index is 0.191. The number of fused-ring (bicyclic) bond motifs is 1. The fourth-order valence-electron chi connectivity index (χ4n) is 4.22. The average Bonchev–Trinajstić information content (AvgIpc) is 3.61. The molecular formula is C27H24N10O3. The summed E-state index contributed by atoms with van der Waals surface area (Å²) >= 11 is 0. The normalized spacial score (nSPS) is 11.9. The first kappa shape index (κ1) is 24.9. The second-order valence-electron chi connectivity index (χ2n) is 8.79. The lowest BCUT2D eigenvalue weighted by atomic mass is 10.1. The van der Waals surface area contributed by atoms with Crippen molar-refractivity contribution in [3.8, 4) is 22.8 Å². The van der Waals surface area contributed by atoms with E-state index in [4.69, 9.17) is 4.52 Å². The number of hydrogen-bond donors (Lipinski definition) is 4. The summed E-state index contributed by atoms with van der Waals surface area (Å²) in [5, 5.41) is 23.9. The molecule has 0 unspecified atom stereocenters. The van der Waals surface area contributed by atoms with Gasteiger partial charge in [-0.3, -0.25) is 19.6 Å². The van der Waals surface area contributed by atoms with E-state index >= 15 is 0 Å². The van der Waals surface area contributed by atoms with Crippen molar-refractivity contribution in [3.05, 3.63) is 89.1 Å². The molecule has 0 saturated heterocycles. The molecule has 0 fully saturated rings. The Hall–Kier alpha value is -5.43. The van der Waals surface area contributed by atoms with E-state index < -0.39 is 6.04 Å². The van der Waals surface area contributed by atoms with Gasteiger partial charge in [0.1, 0.15) is 17.2 Å². The quantitative estimate of drug-likeness (QED) is 0.213. The molecule has 40 heavy (non-hydrogen) atoms. The molecule has 0 radical (unpaired) electrons. The Kier molecular flexibility index (Phi) is 6.68. The summed E-state index contributed by atoms with van der Waals surface area (Å²) in [4.78, 5) is 34.5. The van der Waals surface area contributed by atoms with Crippen molar-refractivity contribution in [3.63, 3.8) is 0 Å². The van der Waals surface area contributed by atoms with Crippen molar-refractivity contribution >= 4 is 28.6 Å². The number of rotatable bonds is 9. The van der Waals surface area contributed by atoms with Crippen LogP contribution in [0.1, 0.15) is 18.5 Å². The van der Waals surface area contributed by atoms with Crippen LogP contribution in [-0.4, -0.2) is 51.6 Å². The Morgan fingerprint density at radius 1 is 1.05 bits per heavy atom. The number of anilines is 3. The molecule has 13 heteroatoms. The molecule has 0 aliphatic heterocycles. The van der Waals surface area contributed by atoms with E-state index in [9.17, 15) is 9.90 Å². The first-order valence-corrected chi connectivity index (χ1v) is 12.5. The van der Waals surface area contributed by atoms with Crippen molar-refractivity contribution in [2.45, 2.75) is 19.5 Å². The van der Waals surface area contributed by atoms with Gasteiger partial charge in [-0.15, -0.1) is 0 Å². The van der Waals surface area contributed by atoms with Gasteiger partial charge in [-0.2, -0.15) is 9.97 Å². The van der Waals surface area contributed by atoms with Crippen LogP contribution in [0.4, 0.5) is 17.6 Å². The number of aryl methyl sites for hydroxylation is 1. The number of pyridine rings is 2. The van der Waals surface area contributed by atoms with Gasteiger partial charge in [0.05, 0.1) is 18.0 Å². The lowest BCUT2D eigenvalue weighted by Crippen LogP contribution is -2.17. The molecule has 0 amide bonds. The van der Waals surface area contributed by atoms with Gasteiger partial charge in [0, 0.05) is 30.7 Å².